The lowest BCUT2D eigenvalue weighted by atomic mass is 10.2. The molecule has 0 unspecified atom stereocenters. The summed E-state index contributed by atoms with van der Waals surface area (Å²) in [5.41, 5.74) is 7.78. The van der Waals surface area contributed by atoms with Gasteiger partial charge in [0.25, 0.3) is 0 Å². The van der Waals surface area contributed by atoms with E-state index >= 15 is 0 Å². The number of aromatic nitrogens is 4. The largest absolute Gasteiger partial charge is 0.383 e. The van der Waals surface area contributed by atoms with Crippen molar-refractivity contribution in [1.29, 1.82) is 0 Å². The second kappa shape index (κ2) is 6.27. The molecule has 1 fully saturated rings. The van der Waals surface area contributed by atoms with Crippen LogP contribution in [-0.4, -0.2) is 56.9 Å². The Bertz CT molecular complexity index is 876. The molecule has 0 radical (unpaired) electrons. The molecular formula is C17H23N7S. The average Bonchev–Trinajstić information content (AvgIpc) is 3.23. The topological polar surface area (TPSA) is 76.1 Å². The number of anilines is 2. The highest BCUT2D eigenvalue weighted by molar-refractivity contribution is 7.13. The SMILES string of the molecule is CC(C)N1CCN(c2nc(-c3cccs3)c3c(N)n(C)nc3n2)CC1. The molecule has 4 rings (SSSR count). The fraction of sp³-hybridized carbons (Fsp3) is 0.471. The summed E-state index contributed by atoms with van der Waals surface area (Å²) in [5.74, 6) is 1.35. The van der Waals surface area contributed by atoms with Crippen LogP contribution in [0, 0.1) is 0 Å². The number of fused-ring (bicyclic) bond motifs is 1. The number of nitrogens with two attached hydrogens (primary N) is 1. The Labute approximate surface area is 151 Å². The molecule has 2 N–H and O–H groups in total. The molecule has 3 aromatic rings. The molecule has 7 nitrogen and oxygen atoms in total. The summed E-state index contributed by atoms with van der Waals surface area (Å²) in [7, 11) is 1.84. The van der Waals surface area contributed by atoms with E-state index in [-0.39, 0.29) is 0 Å². The Morgan fingerprint density at radius 2 is 1.92 bits per heavy atom. The molecular weight excluding hydrogens is 334 g/mol. The monoisotopic (exact) mass is 357 g/mol. The second-order valence-electron chi connectivity index (χ2n) is 6.67. The van der Waals surface area contributed by atoms with Crippen molar-refractivity contribution in [3.05, 3.63) is 17.5 Å². The van der Waals surface area contributed by atoms with E-state index in [4.69, 9.17) is 15.7 Å². The number of hydrogen-bond acceptors (Lipinski definition) is 7. The molecule has 25 heavy (non-hydrogen) atoms. The van der Waals surface area contributed by atoms with Crippen LogP contribution in [0.1, 0.15) is 13.8 Å². The lowest BCUT2D eigenvalue weighted by molar-refractivity contribution is 0.208. The molecule has 0 spiro atoms. The molecule has 8 heteroatoms. The van der Waals surface area contributed by atoms with Gasteiger partial charge in [0.05, 0.1) is 16.0 Å². The Balaban J connectivity index is 1.76. The Kier molecular flexibility index (Phi) is 4.09. The molecule has 132 valence electrons. The minimum atomic E-state index is 0.572. The third kappa shape index (κ3) is 2.85. The van der Waals surface area contributed by atoms with Gasteiger partial charge in [0.1, 0.15) is 5.82 Å². The molecule has 1 saturated heterocycles. The predicted octanol–water partition coefficient (Wildman–Crippen LogP) is 2.20. The van der Waals surface area contributed by atoms with Crippen molar-refractivity contribution in [2.24, 2.45) is 7.05 Å². The summed E-state index contributed by atoms with van der Waals surface area (Å²) in [6.07, 6.45) is 0. The Hall–Kier alpha value is -2.19. The third-order valence-corrected chi connectivity index (χ3v) is 5.69. The van der Waals surface area contributed by atoms with Gasteiger partial charge >= 0.3 is 0 Å². The van der Waals surface area contributed by atoms with Crippen molar-refractivity contribution in [3.8, 4) is 10.6 Å². The Morgan fingerprint density at radius 1 is 1.16 bits per heavy atom. The maximum atomic E-state index is 6.23. The van der Waals surface area contributed by atoms with Crippen molar-refractivity contribution in [1.82, 2.24) is 24.6 Å². The molecule has 0 amide bonds. The van der Waals surface area contributed by atoms with Crippen LogP contribution in [-0.2, 0) is 7.05 Å². The number of thiophene rings is 1. The molecule has 0 atom stereocenters. The van der Waals surface area contributed by atoms with Crippen LogP contribution < -0.4 is 10.6 Å². The maximum Gasteiger partial charge on any atom is 0.228 e. The predicted molar refractivity (Wildman–Crippen MR) is 103 cm³/mol. The van der Waals surface area contributed by atoms with E-state index in [2.05, 4.69) is 40.2 Å². The quantitative estimate of drug-likeness (QED) is 0.774. The fourth-order valence-electron chi connectivity index (χ4n) is 3.27. The standard InChI is InChI=1S/C17H23N7S/c1-11(2)23-6-8-24(9-7-23)17-19-14(12-5-4-10-25-12)13-15(18)22(3)21-16(13)20-17/h4-5,10-11H,6-9,18H2,1-3H3. The molecule has 0 bridgehead atoms. The van der Waals surface area contributed by atoms with Crippen LogP contribution in [0.5, 0.6) is 0 Å². The van der Waals surface area contributed by atoms with Crippen molar-refractivity contribution < 1.29 is 0 Å². The van der Waals surface area contributed by atoms with Crippen LogP contribution in [0.15, 0.2) is 17.5 Å². The van der Waals surface area contributed by atoms with E-state index in [1.165, 1.54) is 0 Å². The zero-order valence-electron chi connectivity index (χ0n) is 14.8. The first kappa shape index (κ1) is 16.3. The van der Waals surface area contributed by atoms with E-state index in [0.717, 1.165) is 48.1 Å². The molecule has 0 aliphatic carbocycles. The van der Waals surface area contributed by atoms with Gasteiger partial charge in [-0.1, -0.05) is 6.07 Å². The number of rotatable bonds is 3. The second-order valence-corrected chi connectivity index (χ2v) is 7.62. The van der Waals surface area contributed by atoms with Crippen molar-refractivity contribution >= 4 is 34.1 Å². The van der Waals surface area contributed by atoms with Crippen molar-refractivity contribution in [3.63, 3.8) is 0 Å². The lowest BCUT2D eigenvalue weighted by Crippen LogP contribution is -2.49. The Morgan fingerprint density at radius 3 is 2.56 bits per heavy atom. The molecule has 0 saturated carbocycles. The number of nitrogen functional groups attached to an aromatic ring is 1. The molecule has 1 aliphatic heterocycles. The number of aryl methyl sites for hydroxylation is 1. The summed E-state index contributed by atoms with van der Waals surface area (Å²) in [6, 6.07) is 4.67. The van der Waals surface area contributed by atoms with Crippen LogP contribution in [0.25, 0.3) is 21.6 Å². The van der Waals surface area contributed by atoms with E-state index in [9.17, 15) is 0 Å². The third-order valence-electron chi connectivity index (χ3n) is 4.81. The zero-order chi connectivity index (χ0) is 17.6. The first-order valence-corrected chi connectivity index (χ1v) is 9.45. The molecule has 4 heterocycles. The lowest BCUT2D eigenvalue weighted by Gasteiger charge is -2.36. The first-order valence-electron chi connectivity index (χ1n) is 8.57. The molecule has 3 aromatic heterocycles. The maximum absolute atomic E-state index is 6.23. The van der Waals surface area contributed by atoms with Crippen molar-refractivity contribution in [2.45, 2.75) is 19.9 Å². The fourth-order valence-corrected chi connectivity index (χ4v) is 3.99. The van der Waals surface area contributed by atoms with Gasteiger partial charge in [-0.3, -0.25) is 9.58 Å². The first-order chi connectivity index (χ1) is 12.0. The van der Waals surface area contributed by atoms with E-state index in [0.29, 0.717) is 17.5 Å². The summed E-state index contributed by atoms with van der Waals surface area (Å²) in [6.45, 7) is 8.38. The summed E-state index contributed by atoms with van der Waals surface area (Å²) < 4.78 is 1.68. The van der Waals surface area contributed by atoms with Gasteiger partial charge in [0, 0.05) is 39.3 Å². The van der Waals surface area contributed by atoms with E-state index in [1.54, 1.807) is 16.0 Å². The minimum absolute atomic E-state index is 0.572. The van der Waals surface area contributed by atoms with E-state index in [1.807, 2.05) is 13.1 Å². The van der Waals surface area contributed by atoms with Crippen LogP contribution in [0.2, 0.25) is 0 Å². The average molecular weight is 357 g/mol. The minimum Gasteiger partial charge on any atom is -0.383 e. The van der Waals surface area contributed by atoms with Gasteiger partial charge in [-0.05, 0) is 25.3 Å². The van der Waals surface area contributed by atoms with Gasteiger partial charge in [-0.25, -0.2) is 4.98 Å². The highest BCUT2D eigenvalue weighted by Gasteiger charge is 2.24. The van der Waals surface area contributed by atoms with Gasteiger partial charge in [0.2, 0.25) is 5.95 Å². The van der Waals surface area contributed by atoms with Crippen LogP contribution in [0.3, 0.4) is 0 Å². The highest BCUT2D eigenvalue weighted by atomic mass is 32.1. The number of hydrogen-bond donors (Lipinski definition) is 1. The zero-order valence-corrected chi connectivity index (χ0v) is 15.6. The number of nitrogens with zero attached hydrogens (tertiary/aromatic N) is 6. The van der Waals surface area contributed by atoms with Gasteiger partial charge in [-0.15, -0.1) is 11.3 Å². The normalized spacial score (nSPS) is 16.2. The molecule has 1 aliphatic rings. The smallest absolute Gasteiger partial charge is 0.228 e. The van der Waals surface area contributed by atoms with Crippen molar-refractivity contribution in [2.75, 3.05) is 36.8 Å². The van der Waals surface area contributed by atoms with Gasteiger partial charge < -0.3 is 10.6 Å². The van der Waals surface area contributed by atoms with Gasteiger partial charge in [-0.2, -0.15) is 10.1 Å². The summed E-state index contributed by atoms with van der Waals surface area (Å²) >= 11 is 1.66. The van der Waals surface area contributed by atoms with Gasteiger partial charge in [0.15, 0.2) is 5.65 Å². The van der Waals surface area contributed by atoms with Crippen LogP contribution >= 0.6 is 11.3 Å². The summed E-state index contributed by atoms with van der Waals surface area (Å²) in [4.78, 5) is 15.4. The summed E-state index contributed by atoms with van der Waals surface area (Å²) in [5, 5.41) is 7.38. The highest BCUT2D eigenvalue weighted by Crippen LogP contribution is 2.34. The van der Waals surface area contributed by atoms with E-state index < -0.39 is 0 Å². The number of piperazine rings is 1. The molecule has 0 aromatic carbocycles. The van der Waals surface area contributed by atoms with Crippen LogP contribution in [0.4, 0.5) is 11.8 Å².